The molecule has 1 fully saturated rings. The fraction of sp³-hybridized carbons (Fsp3) is 0.538. The van der Waals surface area contributed by atoms with Crippen molar-refractivity contribution in [1.29, 1.82) is 0 Å². The lowest BCUT2D eigenvalue weighted by Crippen LogP contribution is -2.36. The van der Waals surface area contributed by atoms with E-state index in [1.807, 2.05) is 0 Å². The second-order valence-electron chi connectivity index (χ2n) is 4.41. The molecule has 0 bridgehead atoms. The molecule has 0 aromatic heterocycles. The van der Waals surface area contributed by atoms with Gasteiger partial charge >= 0.3 is 0 Å². The first-order valence-corrected chi connectivity index (χ1v) is 5.75. The molecule has 1 aromatic carbocycles. The predicted molar refractivity (Wildman–Crippen MR) is 61.5 cm³/mol. The smallest absolute Gasteiger partial charge is 0.0471 e. The van der Waals surface area contributed by atoms with Crippen LogP contribution in [-0.2, 0) is 6.54 Å². The summed E-state index contributed by atoms with van der Waals surface area (Å²) in [4.78, 5) is 2.44. The Morgan fingerprint density at radius 1 is 1.27 bits per heavy atom. The summed E-state index contributed by atoms with van der Waals surface area (Å²) in [6.07, 6.45) is 2.40. The molecule has 1 N–H and O–H groups in total. The van der Waals surface area contributed by atoms with Gasteiger partial charge < -0.3 is 5.11 Å². The third kappa shape index (κ3) is 3.05. The molecule has 1 heterocycles. The van der Waals surface area contributed by atoms with Crippen LogP contribution in [0, 0.1) is 5.92 Å². The van der Waals surface area contributed by atoms with E-state index in [2.05, 4.69) is 35.2 Å². The van der Waals surface area contributed by atoms with Gasteiger partial charge in [0.1, 0.15) is 0 Å². The molecule has 1 aliphatic heterocycles. The van der Waals surface area contributed by atoms with E-state index < -0.39 is 0 Å². The van der Waals surface area contributed by atoms with Crippen LogP contribution in [0.2, 0.25) is 0 Å². The van der Waals surface area contributed by atoms with Crippen LogP contribution in [0.3, 0.4) is 0 Å². The van der Waals surface area contributed by atoms with Gasteiger partial charge in [-0.15, -0.1) is 0 Å². The molecule has 0 saturated carbocycles. The summed E-state index contributed by atoms with van der Waals surface area (Å²) in [6, 6.07) is 10.6. The maximum absolute atomic E-state index is 9.15. The van der Waals surface area contributed by atoms with Gasteiger partial charge in [0.2, 0.25) is 0 Å². The highest BCUT2D eigenvalue weighted by Crippen LogP contribution is 2.17. The van der Waals surface area contributed by atoms with E-state index in [1.165, 1.54) is 24.9 Å². The van der Waals surface area contributed by atoms with Crippen LogP contribution >= 0.6 is 0 Å². The number of aliphatic hydroxyl groups is 1. The minimum atomic E-state index is 0.339. The van der Waals surface area contributed by atoms with Crippen molar-refractivity contribution in [3.8, 4) is 0 Å². The van der Waals surface area contributed by atoms with Gasteiger partial charge in [-0.1, -0.05) is 30.3 Å². The molecule has 0 amide bonds. The highest BCUT2D eigenvalue weighted by Gasteiger charge is 2.18. The Balaban J connectivity index is 1.89. The summed E-state index contributed by atoms with van der Waals surface area (Å²) in [7, 11) is 0. The van der Waals surface area contributed by atoms with Crippen molar-refractivity contribution >= 4 is 0 Å². The SMILES string of the molecule is OC[C@@H]1CCCN(Cc2ccccc2)C1. The molecular weight excluding hydrogens is 186 g/mol. The fourth-order valence-electron chi connectivity index (χ4n) is 2.29. The molecule has 2 nitrogen and oxygen atoms in total. The van der Waals surface area contributed by atoms with Crippen molar-refractivity contribution in [2.24, 2.45) is 5.92 Å². The summed E-state index contributed by atoms with van der Waals surface area (Å²) >= 11 is 0. The first-order chi connectivity index (χ1) is 7.38. The second-order valence-corrected chi connectivity index (χ2v) is 4.41. The van der Waals surface area contributed by atoms with E-state index in [1.54, 1.807) is 0 Å². The van der Waals surface area contributed by atoms with E-state index in [-0.39, 0.29) is 0 Å². The van der Waals surface area contributed by atoms with Crippen molar-refractivity contribution in [2.75, 3.05) is 19.7 Å². The van der Waals surface area contributed by atoms with Crippen molar-refractivity contribution in [3.05, 3.63) is 35.9 Å². The van der Waals surface area contributed by atoms with Gasteiger partial charge in [0.05, 0.1) is 0 Å². The van der Waals surface area contributed by atoms with E-state index in [0.29, 0.717) is 12.5 Å². The van der Waals surface area contributed by atoms with Crippen molar-refractivity contribution < 1.29 is 5.11 Å². The zero-order valence-corrected chi connectivity index (χ0v) is 9.10. The number of nitrogens with zero attached hydrogens (tertiary/aromatic N) is 1. The lowest BCUT2D eigenvalue weighted by atomic mass is 9.98. The number of hydrogen-bond donors (Lipinski definition) is 1. The average molecular weight is 205 g/mol. The molecule has 2 rings (SSSR count). The minimum absolute atomic E-state index is 0.339. The fourth-order valence-corrected chi connectivity index (χ4v) is 2.29. The lowest BCUT2D eigenvalue weighted by molar-refractivity contribution is 0.116. The quantitative estimate of drug-likeness (QED) is 0.814. The summed E-state index contributed by atoms with van der Waals surface area (Å²) in [6.45, 7) is 3.58. The molecule has 0 aliphatic carbocycles. The Hall–Kier alpha value is -0.860. The van der Waals surface area contributed by atoms with Crippen molar-refractivity contribution in [2.45, 2.75) is 19.4 Å². The minimum Gasteiger partial charge on any atom is -0.396 e. The van der Waals surface area contributed by atoms with Crippen LogP contribution in [0.4, 0.5) is 0 Å². The Kier molecular flexibility index (Phi) is 3.75. The Bertz CT molecular complexity index is 286. The summed E-state index contributed by atoms with van der Waals surface area (Å²) in [5.74, 6) is 0.488. The monoisotopic (exact) mass is 205 g/mol. The standard InChI is InChI=1S/C13H19NO/c15-11-13-7-4-8-14(10-13)9-12-5-2-1-3-6-12/h1-3,5-6,13,15H,4,7-11H2/t13-/m1/s1. The number of piperidine rings is 1. The number of aliphatic hydroxyl groups excluding tert-OH is 1. The molecule has 0 unspecified atom stereocenters. The zero-order valence-electron chi connectivity index (χ0n) is 9.10. The highest BCUT2D eigenvalue weighted by molar-refractivity contribution is 5.14. The summed E-state index contributed by atoms with van der Waals surface area (Å²) in [5.41, 5.74) is 1.37. The van der Waals surface area contributed by atoms with Gasteiger partial charge in [-0.3, -0.25) is 4.90 Å². The molecule has 15 heavy (non-hydrogen) atoms. The van der Waals surface area contributed by atoms with Crippen LogP contribution in [0.15, 0.2) is 30.3 Å². The van der Waals surface area contributed by atoms with Gasteiger partial charge in [-0.25, -0.2) is 0 Å². The van der Waals surface area contributed by atoms with Gasteiger partial charge in [-0.2, -0.15) is 0 Å². The Labute approximate surface area is 91.5 Å². The third-order valence-corrected chi connectivity index (χ3v) is 3.11. The van der Waals surface area contributed by atoms with Crippen LogP contribution in [-0.4, -0.2) is 29.7 Å². The normalized spacial score (nSPS) is 22.9. The molecule has 1 aliphatic rings. The maximum atomic E-state index is 9.15. The van der Waals surface area contributed by atoms with Crippen LogP contribution in [0.5, 0.6) is 0 Å². The molecule has 0 radical (unpaired) electrons. The molecule has 1 aromatic rings. The predicted octanol–water partition coefficient (Wildman–Crippen LogP) is 1.89. The number of hydrogen-bond acceptors (Lipinski definition) is 2. The van der Waals surface area contributed by atoms with Gasteiger partial charge in [0.25, 0.3) is 0 Å². The van der Waals surface area contributed by atoms with Crippen molar-refractivity contribution in [1.82, 2.24) is 4.90 Å². The second kappa shape index (κ2) is 5.29. The topological polar surface area (TPSA) is 23.5 Å². The molecule has 2 heteroatoms. The van der Waals surface area contributed by atoms with E-state index in [9.17, 15) is 0 Å². The average Bonchev–Trinajstić information content (AvgIpc) is 2.31. The number of rotatable bonds is 3. The molecule has 1 atom stereocenters. The maximum Gasteiger partial charge on any atom is 0.0471 e. The van der Waals surface area contributed by atoms with Crippen molar-refractivity contribution in [3.63, 3.8) is 0 Å². The zero-order chi connectivity index (χ0) is 10.5. The lowest BCUT2D eigenvalue weighted by Gasteiger charge is -2.31. The van der Waals surface area contributed by atoms with Crippen LogP contribution in [0.1, 0.15) is 18.4 Å². The van der Waals surface area contributed by atoms with Gasteiger partial charge in [0.15, 0.2) is 0 Å². The Morgan fingerprint density at radius 2 is 2.07 bits per heavy atom. The first-order valence-electron chi connectivity index (χ1n) is 5.75. The Morgan fingerprint density at radius 3 is 2.80 bits per heavy atom. The third-order valence-electron chi connectivity index (χ3n) is 3.11. The molecule has 1 saturated heterocycles. The van der Waals surface area contributed by atoms with E-state index in [0.717, 1.165) is 13.1 Å². The summed E-state index contributed by atoms with van der Waals surface area (Å²) < 4.78 is 0. The molecular formula is C13H19NO. The van der Waals surface area contributed by atoms with Crippen LogP contribution in [0.25, 0.3) is 0 Å². The number of likely N-dealkylation sites (tertiary alicyclic amines) is 1. The first kappa shape index (κ1) is 10.7. The molecule has 0 spiro atoms. The summed E-state index contributed by atoms with van der Waals surface area (Å²) in [5, 5.41) is 9.15. The van der Waals surface area contributed by atoms with Gasteiger partial charge in [0, 0.05) is 19.7 Å². The number of benzene rings is 1. The van der Waals surface area contributed by atoms with E-state index >= 15 is 0 Å². The van der Waals surface area contributed by atoms with Gasteiger partial charge in [-0.05, 0) is 30.9 Å². The highest BCUT2D eigenvalue weighted by atomic mass is 16.3. The van der Waals surface area contributed by atoms with Crippen LogP contribution < -0.4 is 0 Å². The largest absolute Gasteiger partial charge is 0.396 e. The van der Waals surface area contributed by atoms with E-state index in [4.69, 9.17) is 5.11 Å². The molecule has 82 valence electrons.